The molecule has 94 valence electrons. The van der Waals surface area contributed by atoms with E-state index in [1.807, 2.05) is 45.0 Å². The zero-order chi connectivity index (χ0) is 13.1. The molecular formula is C14H16N2O2. The number of carbonyl (C=O) groups excluding carboxylic acids is 1. The Labute approximate surface area is 106 Å². The van der Waals surface area contributed by atoms with E-state index in [1.54, 1.807) is 0 Å². The van der Waals surface area contributed by atoms with E-state index in [1.165, 1.54) is 0 Å². The Morgan fingerprint density at radius 2 is 2.11 bits per heavy atom. The number of hydrogen-bond acceptors (Lipinski definition) is 3. The fraction of sp³-hybridized carbons (Fsp3) is 0.286. The summed E-state index contributed by atoms with van der Waals surface area (Å²) >= 11 is 0. The molecule has 0 bridgehead atoms. The van der Waals surface area contributed by atoms with Crippen molar-refractivity contribution in [3.63, 3.8) is 0 Å². The molecule has 0 saturated carbocycles. The molecule has 1 aromatic carbocycles. The largest absolute Gasteiger partial charge is 0.451 e. The average Bonchev–Trinajstić information content (AvgIpc) is 2.73. The number of aryl methyl sites for hydroxylation is 1. The number of hydrogen-bond donors (Lipinski definition) is 1. The summed E-state index contributed by atoms with van der Waals surface area (Å²) < 4.78 is 5.55. The summed E-state index contributed by atoms with van der Waals surface area (Å²) in [5, 5.41) is 4.94. The number of rotatable bonds is 3. The van der Waals surface area contributed by atoms with Crippen molar-refractivity contribution in [2.45, 2.75) is 27.2 Å². The first-order chi connectivity index (χ1) is 8.63. The molecule has 0 unspecified atom stereocenters. The molecule has 0 aliphatic rings. The molecule has 0 radical (unpaired) electrons. The van der Waals surface area contributed by atoms with Crippen LogP contribution in [0.25, 0.3) is 11.0 Å². The first kappa shape index (κ1) is 12.4. The molecule has 0 atom stereocenters. The molecule has 0 fully saturated rings. The molecule has 0 spiro atoms. The normalized spacial score (nSPS) is 11.8. The number of amides is 1. The molecule has 18 heavy (non-hydrogen) atoms. The highest BCUT2D eigenvalue weighted by Crippen LogP contribution is 2.24. The minimum atomic E-state index is -0.309. The topological polar surface area (TPSA) is 54.6 Å². The van der Waals surface area contributed by atoms with Gasteiger partial charge in [0.15, 0.2) is 5.76 Å². The molecular weight excluding hydrogens is 228 g/mol. The van der Waals surface area contributed by atoms with E-state index in [9.17, 15) is 4.79 Å². The lowest BCUT2D eigenvalue weighted by Gasteiger charge is -1.99. The number of hydrazone groups is 1. The monoisotopic (exact) mass is 244 g/mol. The Morgan fingerprint density at radius 3 is 2.78 bits per heavy atom. The molecule has 0 aliphatic heterocycles. The number of carbonyl (C=O) groups is 1. The van der Waals surface area contributed by atoms with E-state index in [0.29, 0.717) is 5.76 Å². The maximum absolute atomic E-state index is 11.9. The molecule has 4 nitrogen and oxygen atoms in total. The second-order valence-electron chi connectivity index (χ2n) is 4.19. The Morgan fingerprint density at radius 1 is 1.39 bits per heavy atom. The Kier molecular flexibility index (Phi) is 3.46. The second kappa shape index (κ2) is 5.04. The van der Waals surface area contributed by atoms with Crippen LogP contribution in [0.2, 0.25) is 0 Å². The zero-order valence-corrected chi connectivity index (χ0v) is 10.8. The lowest BCUT2D eigenvalue weighted by molar-refractivity contribution is 0.0928. The molecule has 1 N–H and O–H groups in total. The quantitative estimate of drug-likeness (QED) is 0.665. The molecule has 2 aromatic rings. The second-order valence-corrected chi connectivity index (χ2v) is 4.19. The summed E-state index contributed by atoms with van der Waals surface area (Å²) in [5.74, 6) is 0.0142. The summed E-state index contributed by atoms with van der Waals surface area (Å²) in [5.41, 5.74) is 4.94. The highest BCUT2D eigenvalue weighted by molar-refractivity contribution is 5.99. The molecule has 1 aromatic heterocycles. The van der Waals surface area contributed by atoms with Gasteiger partial charge in [0.1, 0.15) is 5.58 Å². The van der Waals surface area contributed by atoms with E-state index < -0.39 is 0 Å². The number of nitrogens with one attached hydrogen (secondary N) is 1. The van der Waals surface area contributed by atoms with Gasteiger partial charge in [0, 0.05) is 16.7 Å². The third-order valence-corrected chi connectivity index (χ3v) is 2.91. The van der Waals surface area contributed by atoms with Gasteiger partial charge in [0.05, 0.1) is 0 Å². The SMILES string of the molecule is CC/C(C)=N\NC(=O)c1oc2ccccc2c1C. The molecule has 0 aliphatic carbocycles. The van der Waals surface area contributed by atoms with Crippen LogP contribution in [0.3, 0.4) is 0 Å². The van der Waals surface area contributed by atoms with Gasteiger partial charge < -0.3 is 4.42 Å². The van der Waals surface area contributed by atoms with Crippen molar-refractivity contribution in [2.24, 2.45) is 5.10 Å². The van der Waals surface area contributed by atoms with Crippen molar-refractivity contribution in [1.29, 1.82) is 0 Å². The number of nitrogens with zero attached hydrogens (tertiary/aromatic N) is 1. The highest BCUT2D eigenvalue weighted by atomic mass is 16.3. The minimum Gasteiger partial charge on any atom is -0.451 e. The number of para-hydroxylation sites is 1. The fourth-order valence-corrected chi connectivity index (χ4v) is 1.67. The van der Waals surface area contributed by atoms with Gasteiger partial charge in [0.25, 0.3) is 0 Å². The summed E-state index contributed by atoms with van der Waals surface area (Å²) in [6.07, 6.45) is 0.805. The van der Waals surface area contributed by atoms with Crippen LogP contribution in [0.4, 0.5) is 0 Å². The summed E-state index contributed by atoms with van der Waals surface area (Å²) in [6.45, 7) is 5.72. The van der Waals surface area contributed by atoms with Gasteiger partial charge in [-0.3, -0.25) is 4.79 Å². The van der Waals surface area contributed by atoms with E-state index >= 15 is 0 Å². The van der Waals surface area contributed by atoms with Gasteiger partial charge in [-0.25, -0.2) is 5.43 Å². The maximum atomic E-state index is 11.9. The number of furan rings is 1. The lowest BCUT2D eigenvalue weighted by Crippen LogP contribution is -2.19. The van der Waals surface area contributed by atoms with Crippen LogP contribution in [-0.2, 0) is 0 Å². The highest BCUT2D eigenvalue weighted by Gasteiger charge is 2.16. The molecule has 1 amide bonds. The van der Waals surface area contributed by atoms with Gasteiger partial charge in [-0.05, 0) is 26.3 Å². The van der Waals surface area contributed by atoms with E-state index in [2.05, 4.69) is 10.5 Å². The maximum Gasteiger partial charge on any atom is 0.307 e. The van der Waals surface area contributed by atoms with Gasteiger partial charge in [0.2, 0.25) is 0 Å². The first-order valence-electron chi connectivity index (χ1n) is 5.95. The summed E-state index contributed by atoms with van der Waals surface area (Å²) in [4.78, 5) is 11.9. The van der Waals surface area contributed by atoms with Crippen molar-refractivity contribution >= 4 is 22.6 Å². The Hall–Kier alpha value is -2.10. The predicted octanol–water partition coefficient (Wildman–Crippen LogP) is 3.26. The number of benzene rings is 1. The van der Waals surface area contributed by atoms with Crippen LogP contribution in [0.15, 0.2) is 33.8 Å². The summed E-state index contributed by atoms with van der Waals surface area (Å²) in [7, 11) is 0. The van der Waals surface area contributed by atoms with Crippen molar-refractivity contribution in [3.8, 4) is 0 Å². The van der Waals surface area contributed by atoms with E-state index in [0.717, 1.165) is 28.7 Å². The van der Waals surface area contributed by atoms with E-state index in [4.69, 9.17) is 4.42 Å². The average molecular weight is 244 g/mol. The number of fused-ring (bicyclic) bond motifs is 1. The van der Waals surface area contributed by atoms with Crippen LogP contribution in [0.1, 0.15) is 36.4 Å². The fourth-order valence-electron chi connectivity index (χ4n) is 1.67. The van der Waals surface area contributed by atoms with Gasteiger partial charge in [-0.15, -0.1) is 0 Å². The molecule has 1 heterocycles. The Bertz CT molecular complexity index is 611. The van der Waals surface area contributed by atoms with Crippen LogP contribution in [-0.4, -0.2) is 11.6 Å². The van der Waals surface area contributed by atoms with Crippen molar-refractivity contribution in [2.75, 3.05) is 0 Å². The lowest BCUT2D eigenvalue weighted by atomic mass is 10.1. The van der Waals surface area contributed by atoms with Gasteiger partial charge in [-0.2, -0.15) is 5.10 Å². The van der Waals surface area contributed by atoms with Crippen LogP contribution in [0.5, 0.6) is 0 Å². The van der Waals surface area contributed by atoms with Crippen LogP contribution in [0, 0.1) is 6.92 Å². The van der Waals surface area contributed by atoms with Gasteiger partial charge >= 0.3 is 5.91 Å². The van der Waals surface area contributed by atoms with E-state index in [-0.39, 0.29) is 5.91 Å². The minimum absolute atomic E-state index is 0.309. The first-order valence-corrected chi connectivity index (χ1v) is 5.95. The molecule has 2 rings (SSSR count). The van der Waals surface area contributed by atoms with Crippen molar-refractivity contribution in [1.82, 2.24) is 5.43 Å². The molecule has 0 saturated heterocycles. The Balaban J connectivity index is 2.31. The predicted molar refractivity (Wildman–Crippen MR) is 71.8 cm³/mol. The van der Waals surface area contributed by atoms with Crippen LogP contribution < -0.4 is 5.43 Å². The third kappa shape index (κ3) is 2.27. The molecule has 4 heteroatoms. The van der Waals surface area contributed by atoms with Gasteiger partial charge in [-0.1, -0.05) is 25.1 Å². The zero-order valence-electron chi connectivity index (χ0n) is 10.8. The van der Waals surface area contributed by atoms with Crippen LogP contribution >= 0.6 is 0 Å². The van der Waals surface area contributed by atoms with Crippen molar-refractivity contribution < 1.29 is 9.21 Å². The summed E-state index contributed by atoms with van der Waals surface area (Å²) in [6, 6.07) is 7.59. The standard InChI is InChI=1S/C14H16N2O2/c1-4-9(2)15-16-14(17)13-10(3)11-7-5-6-8-12(11)18-13/h5-8H,4H2,1-3H3,(H,16,17)/b15-9-. The van der Waals surface area contributed by atoms with Crippen molar-refractivity contribution in [3.05, 3.63) is 35.6 Å². The third-order valence-electron chi connectivity index (χ3n) is 2.91. The smallest absolute Gasteiger partial charge is 0.307 e.